The van der Waals surface area contributed by atoms with Crippen LogP contribution in [0.5, 0.6) is 5.75 Å². The fraction of sp³-hybridized carbons (Fsp3) is 0.448. The SMILES string of the molecule is Cc1nc(N[C@H](C)c2ccc(OC(F)(F)F)cc2)nc(N[C@@H]2C[C@H](CO)[C@@H](O)[C@H]2O)c1-c1nc2c(C3CC3)nccc2s1. The number of ether oxygens (including phenoxy) is 1. The Balaban J connectivity index is 1.34. The molecule has 0 radical (unpaired) electrons. The second-order valence-corrected chi connectivity index (χ2v) is 12.1. The van der Waals surface area contributed by atoms with E-state index in [0.29, 0.717) is 40.0 Å². The molecular formula is C29H31F3N6O4S. The van der Waals surface area contributed by atoms with Crippen LogP contribution in [-0.2, 0) is 0 Å². The Hall–Kier alpha value is -3.59. The van der Waals surface area contributed by atoms with E-state index in [9.17, 15) is 28.5 Å². The number of aromatic nitrogens is 4. The van der Waals surface area contributed by atoms with Gasteiger partial charge in [-0.2, -0.15) is 4.98 Å². The number of nitrogens with one attached hydrogen (secondary N) is 2. The number of halogens is 3. The molecule has 5 N–H and O–H groups in total. The monoisotopic (exact) mass is 616 g/mol. The minimum Gasteiger partial charge on any atom is -0.406 e. The first-order valence-corrected chi connectivity index (χ1v) is 14.8. The molecule has 0 bridgehead atoms. The van der Waals surface area contributed by atoms with Crippen molar-refractivity contribution in [2.45, 2.75) is 69.7 Å². The van der Waals surface area contributed by atoms with Gasteiger partial charge >= 0.3 is 6.36 Å². The van der Waals surface area contributed by atoms with E-state index < -0.39 is 30.5 Å². The van der Waals surface area contributed by atoms with Gasteiger partial charge in [0.2, 0.25) is 5.95 Å². The average Bonchev–Trinajstić information content (AvgIpc) is 3.65. The highest BCUT2D eigenvalue weighted by Crippen LogP contribution is 2.44. The van der Waals surface area contributed by atoms with E-state index in [1.54, 1.807) is 6.20 Å². The predicted molar refractivity (Wildman–Crippen MR) is 155 cm³/mol. The fourth-order valence-electron chi connectivity index (χ4n) is 5.49. The largest absolute Gasteiger partial charge is 0.573 e. The number of aliphatic hydroxyl groups excluding tert-OH is 3. The lowest BCUT2D eigenvalue weighted by molar-refractivity contribution is -0.274. The summed E-state index contributed by atoms with van der Waals surface area (Å²) >= 11 is 1.49. The molecule has 43 heavy (non-hydrogen) atoms. The summed E-state index contributed by atoms with van der Waals surface area (Å²) in [5, 5.41) is 38.0. The molecule has 5 atom stereocenters. The number of alkyl halides is 3. The van der Waals surface area contributed by atoms with Crippen molar-refractivity contribution in [1.82, 2.24) is 19.9 Å². The first kappa shape index (κ1) is 29.5. The first-order chi connectivity index (χ1) is 20.5. The maximum absolute atomic E-state index is 12.6. The molecule has 3 aromatic heterocycles. The number of hydrogen-bond donors (Lipinski definition) is 5. The van der Waals surface area contributed by atoms with Gasteiger partial charge in [-0.05, 0) is 56.9 Å². The van der Waals surface area contributed by atoms with Crippen LogP contribution in [0.1, 0.15) is 55.1 Å². The van der Waals surface area contributed by atoms with Crippen molar-refractivity contribution < 1.29 is 33.2 Å². The number of benzene rings is 1. The zero-order valence-electron chi connectivity index (χ0n) is 23.3. The normalized spacial score (nSPS) is 23.0. The summed E-state index contributed by atoms with van der Waals surface area (Å²) in [5.74, 6) is 0.239. The molecule has 14 heteroatoms. The van der Waals surface area contributed by atoms with Crippen LogP contribution in [-0.4, -0.2) is 66.5 Å². The third kappa shape index (κ3) is 6.23. The van der Waals surface area contributed by atoms with Crippen LogP contribution in [0.2, 0.25) is 0 Å². The maximum atomic E-state index is 12.6. The van der Waals surface area contributed by atoms with Crippen LogP contribution in [0.15, 0.2) is 36.5 Å². The smallest absolute Gasteiger partial charge is 0.406 e. The second-order valence-electron chi connectivity index (χ2n) is 11.1. The summed E-state index contributed by atoms with van der Waals surface area (Å²) in [6, 6.07) is 6.48. The zero-order chi connectivity index (χ0) is 30.5. The lowest BCUT2D eigenvalue weighted by Gasteiger charge is -2.22. The van der Waals surface area contributed by atoms with E-state index >= 15 is 0 Å². The number of anilines is 2. The number of aliphatic hydroxyl groups is 3. The Morgan fingerprint density at radius 1 is 1.07 bits per heavy atom. The number of hydrogen-bond acceptors (Lipinski definition) is 11. The number of aryl methyl sites for hydroxylation is 1. The summed E-state index contributed by atoms with van der Waals surface area (Å²) in [5.41, 5.74) is 3.75. The third-order valence-electron chi connectivity index (χ3n) is 7.92. The van der Waals surface area contributed by atoms with Crippen molar-refractivity contribution in [3.05, 3.63) is 53.5 Å². The van der Waals surface area contributed by atoms with Gasteiger partial charge < -0.3 is 30.7 Å². The zero-order valence-corrected chi connectivity index (χ0v) is 24.2. The van der Waals surface area contributed by atoms with Gasteiger partial charge in [-0.25, -0.2) is 9.97 Å². The first-order valence-electron chi connectivity index (χ1n) is 14.0. The molecule has 2 aliphatic rings. The standard InChI is InChI=1S/C29H31F3N6O4S/c1-13(15-5-7-18(8-6-15)42-29(30,31)32)34-28-35-14(2)21(26(38-28)36-19-11-17(12-39)24(40)25(19)41)27-37-23-20(43-27)9-10-33-22(23)16-3-4-16/h5-10,13,16-17,19,24-25,39-41H,3-4,11-12H2,1-2H3,(H2,34,35,36,38)/t13-,17-,19-,24-,25+/m1/s1. The topological polar surface area (TPSA) is 146 Å². The lowest BCUT2D eigenvalue weighted by atomic mass is 10.1. The molecule has 10 nitrogen and oxygen atoms in total. The maximum Gasteiger partial charge on any atom is 0.573 e. The number of fused-ring (bicyclic) bond motifs is 1. The van der Waals surface area contributed by atoms with Crippen molar-refractivity contribution in [2.24, 2.45) is 5.92 Å². The van der Waals surface area contributed by atoms with E-state index in [0.717, 1.165) is 28.8 Å². The van der Waals surface area contributed by atoms with Crippen molar-refractivity contribution in [3.63, 3.8) is 0 Å². The van der Waals surface area contributed by atoms with Gasteiger partial charge in [-0.15, -0.1) is 24.5 Å². The molecule has 228 valence electrons. The highest BCUT2D eigenvalue weighted by Gasteiger charge is 2.42. The molecule has 0 saturated heterocycles. The average molecular weight is 617 g/mol. The Kier molecular flexibility index (Phi) is 7.87. The minimum absolute atomic E-state index is 0.250. The molecule has 4 aromatic rings. The van der Waals surface area contributed by atoms with Crippen LogP contribution in [0.4, 0.5) is 24.9 Å². The molecule has 0 amide bonds. The van der Waals surface area contributed by atoms with Crippen LogP contribution in [0, 0.1) is 12.8 Å². The molecule has 2 fully saturated rings. The number of rotatable bonds is 9. The van der Waals surface area contributed by atoms with Crippen molar-refractivity contribution in [2.75, 3.05) is 17.2 Å². The Labute approximate surface area is 249 Å². The van der Waals surface area contributed by atoms with E-state index in [2.05, 4.69) is 25.3 Å². The molecule has 0 aliphatic heterocycles. The fourth-order valence-corrected chi connectivity index (χ4v) is 6.56. The van der Waals surface area contributed by atoms with E-state index in [1.165, 1.54) is 35.6 Å². The molecule has 1 aromatic carbocycles. The van der Waals surface area contributed by atoms with Crippen molar-refractivity contribution in [3.8, 4) is 16.3 Å². The van der Waals surface area contributed by atoms with Crippen LogP contribution >= 0.6 is 11.3 Å². The van der Waals surface area contributed by atoms with E-state index in [-0.39, 0.29) is 24.3 Å². The second kappa shape index (κ2) is 11.5. The minimum atomic E-state index is -4.78. The van der Waals surface area contributed by atoms with Gasteiger partial charge in [0.1, 0.15) is 28.2 Å². The van der Waals surface area contributed by atoms with Crippen LogP contribution in [0.25, 0.3) is 20.8 Å². The lowest BCUT2D eigenvalue weighted by Crippen LogP contribution is -2.35. The Morgan fingerprint density at radius 2 is 1.81 bits per heavy atom. The highest BCUT2D eigenvalue weighted by atomic mass is 32.1. The van der Waals surface area contributed by atoms with Gasteiger partial charge in [0.15, 0.2) is 0 Å². The quantitative estimate of drug-likeness (QED) is 0.176. The van der Waals surface area contributed by atoms with Gasteiger partial charge in [-0.3, -0.25) is 4.98 Å². The van der Waals surface area contributed by atoms with E-state index in [1.807, 2.05) is 19.9 Å². The Bertz CT molecular complexity index is 1610. The molecular weight excluding hydrogens is 585 g/mol. The summed E-state index contributed by atoms with van der Waals surface area (Å²) in [6.07, 6.45) is -2.72. The van der Waals surface area contributed by atoms with Crippen LogP contribution < -0.4 is 15.4 Å². The Morgan fingerprint density at radius 3 is 2.47 bits per heavy atom. The summed E-state index contributed by atoms with van der Waals surface area (Å²) < 4.78 is 42.6. The summed E-state index contributed by atoms with van der Waals surface area (Å²) in [6.45, 7) is 3.38. The van der Waals surface area contributed by atoms with Gasteiger partial charge in [0.05, 0.1) is 39.8 Å². The van der Waals surface area contributed by atoms with Crippen molar-refractivity contribution in [1.29, 1.82) is 0 Å². The van der Waals surface area contributed by atoms with Gasteiger partial charge in [-0.1, -0.05) is 12.1 Å². The molecule has 0 unspecified atom stereocenters. The van der Waals surface area contributed by atoms with Gasteiger partial charge in [0, 0.05) is 24.6 Å². The van der Waals surface area contributed by atoms with Gasteiger partial charge in [0.25, 0.3) is 0 Å². The molecule has 2 aliphatic carbocycles. The third-order valence-corrected chi connectivity index (χ3v) is 8.96. The van der Waals surface area contributed by atoms with Crippen molar-refractivity contribution >= 4 is 33.3 Å². The van der Waals surface area contributed by atoms with Crippen LogP contribution in [0.3, 0.4) is 0 Å². The molecule has 0 spiro atoms. The summed E-state index contributed by atoms with van der Waals surface area (Å²) in [7, 11) is 0. The molecule has 3 heterocycles. The number of thiazole rings is 1. The molecule has 2 saturated carbocycles. The number of pyridine rings is 1. The predicted octanol–water partition coefficient (Wildman–Crippen LogP) is 4.92. The highest BCUT2D eigenvalue weighted by molar-refractivity contribution is 7.21. The molecule has 6 rings (SSSR count). The van der Waals surface area contributed by atoms with E-state index in [4.69, 9.17) is 9.97 Å². The summed E-state index contributed by atoms with van der Waals surface area (Å²) in [4.78, 5) is 19.0. The number of nitrogens with zero attached hydrogens (tertiary/aromatic N) is 4.